The maximum Gasteiger partial charge on any atom is 0.321 e. The van der Waals surface area contributed by atoms with Crippen molar-refractivity contribution in [1.82, 2.24) is 10.6 Å². The maximum absolute atomic E-state index is 10.1. The summed E-state index contributed by atoms with van der Waals surface area (Å²) in [6.45, 7) is 7.62. The topological polar surface area (TPSA) is 58.2 Å². The van der Waals surface area contributed by atoms with Crippen LogP contribution in [0.5, 0.6) is 0 Å². The van der Waals surface area contributed by atoms with Crippen molar-refractivity contribution >= 4 is 11.9 Å². The standard InChI is InChI=1S/C4H8.C3H4N2O2/c1-4(2)3;6-2-1-4-3(7)5-2/h1H2,2-3H3;1H2,(H2,4,5,6,7). The van der Waals surface area contributed by atoms with Crippen LogP contribution in [0.25, 0.3) is 0 Å². The first-order valence-electron chi connectivity index (χ1n) is 3.22. The predicted molar refractivity (Wildman–Crippen MR) is 42.0 cm³/mol. The summed E-state index contributed by atoms with van der Waals surface area (Å²) in [5.74, 6) is -0.259. The fourth-order valence-electron chi connectivity index (χ4n) is 0.376. The van der Waals surface area contributed by atoms with Crippen LogP contribution < -0.4 is 10.6 Å². The highest BCUT2D eigenvalue weighted by molar-refractivity contribution is 6.01. The minimum absolute atomic E-state index is 0.124. The van der Waals surface area contributed by atoms with E-state index in [1.54, 1.807) is 0 Å². The molecule has 1 aliphatic heterocycles. The molecule has 0 aromatic heterocycles. The Hall–Kier alpha value is -1.32. The van der Waals surface area contributed by atoms with Crippen molar-refractivity contribution in [1.29, 1.82) is 0 Å². The molecule has 0 bridgehead atoms. The normalized spacial score (nSPS) is 14.4. The number of carbonyl (C=O) groups is 2. The van der Waals surface area contributed by atoms with Crippen molar-refractivity contribution in [3.63, 3.8) is 0 Å². The van der Waals surface area contributed by atoms with Crippen LogP contribution in [0.1, 0.15) is 13.8 Å². The highest BCUT2D eigenvalue weighted by atomic mass is 16.2. The van der Waals surface area contributed by atoms with E-state index in [1.165, 1.54) is 5.57 Å². The van der Waals surface area contributed by atoms with Gasteiger partial charge >= 0.3 is 6.03 Å². The van der Waals surface area contributed by atoms with E-state index in [-0.39, 0.29) is 12.5 Å². The molecule has 0 atom stereocenters. The van der Waals surface area contributed by atoms with Gasteiger partial charge in [0.25, 0.3) is 0 Å². The first-order chi connectivity index (χ1) is 5.02. The summed E-state index contributed by atoms with van der Waals surface area (Å²) in [5.41, 5.74) is 1.17. The van der Waals surface area contributed by atoms with Gasteiger partial charge in [0.15, 0.2) is 0 Å². The van der Waals surface area contributed by atoms with Gasteiger partial charge in [-0.15, -0.1) is 6.58 Å². The number of hydrogen-bond donors (Lipinski definition) is 2. The molecular weight excluding hydrogens is 144 g/mol. The molecule has 0 aliphatic carbocycles. The van der Waals surface area contributed by atoms with Crippen LogP contribution in [-0.2, 0) is 4.79 Å². The van der Waals surface area contributed by atoms with Crippen LogP contribution >= 0.6 is 0 Å². The van der Waals surface area contributed by atoms with Gasteiger partial charge < -0.3 is 5.32 Å². The molecule has 1 rings (SSSR count). The Bertz CT molecular complexity index is 169. The number of amides is 3. The molecule has 0 radical (unpaired) electrons. The third kappa shape index (κ3) is 6.57. The number of carbonyl (C=O) groups excluding carboxylic acids is 2. The van der Waals surface area contributed by atoms with E-state index in [4.69, 9.17) is 0 Å². The molecule has 0 saturated carbocycles. The average Bonchev–Trinajstić information content (AvgIpc) is 2.13. The second kappa shape index (κ2) is 4.49. The van der Waals surface area contributed by atoms with Crippen LogP contribution in [0.2, 0.25) is 0 Å². The van der Waals surface area contributed by atoms with Gasteiger partial charge in [-0.1, -0.05) is 5.57 Å². The highest BCUT2D eigenvalue weighted by Gasteiger charge is 2.14. The Balaban J connectivity index is 0.000000218. The molecule has 1 fully saturated rings. The Morgan fingerprint density at radius 1 is 1.45 bits per heavy atom. The van der Waals surface area contributed by atoms with Gasteiger partial charge in [-0.05, 0) is 13.8 Å². The van der Waals surface area contributed by atoms with Gasteiger partial charge in [0.05, 0.1) is 6.54 Å². The van der Waals surface area contributed by atoms with Crippen LogP contribution in [0.4, 0.5) is 4.79 Å². The molecular formula is C7H12N2O2. The Labute approximate surface area is 65.7 Å². The third-order valence-corrected chi connectivity index (χ3v) is 0.662. The van der Waals surface area contributed by atoms with Gasteiger partial charge in [0.2, 0.25) is 5.91 Å². The van der Waals surface area contributed by atoms with Crippen molar-refractivity contribution < 1.29 is 9.59 Å². The fraction of sp³-hybridized carbons (Fsp3) is 0.429. The summed E-state index contributed by atoms with van der Waals surface area (Å²) >= 11 is 0. The zero-order chi connectivity index (χ0) is 8.85. The summed E-state index contributed by atoms with van der Waals surface area (Å²) in [6, 6.07) is -0.398. The Kier molecular flexibility index (Phi) is 3.95. The number of urea groups is 1. The molecule has 1 saturated heterocycles. The van der Waals surface area contributed by atoms with Crippen molar-refractivity contribution in [3.05, 3.63) is 12.2 Å². The molecule has 62 valence electrons. The van der Waals surface area contributed by atoms with E-state index >= 15 is 0 Å². The predicted octanol–water partition coefficient (Wildman–Crippen LogP) is 0.408. The summed E-state index contributed by atoms with van der Waals surface area (Å²) in [5, 5.41) is 4.30. The molecule has 1 heterocycles. The summed E-state index contributed by atoms with van der Waals surface area (Å²) in [7, 11) is 0. The van der Waals surface area contributed by atoms with Crippen LogP contribution in [0.15, 0.2) is 12.2 Å². The van der Waals surface area contributed by atoms with E-state index < -0.39 is 6.03 Å². The molecule has 3 amide bonds. The van der Waals surface area contributed by atoms with Gasteiger partial charge in [-0.3, -0.25) is 10.1 Å². The minimum Gasteiger partial charge on any atom is -0.329 e. The SMILES string of the molecule is C=C(C)C.O=C1CNC(=O)N1. The maximum atomic E-state index is 10.1. The minimum atomic E-state index is -0.398. The third-order valence-electron chi connectivity index (χ3n) is 0.662. The summed E-state index contributed by atoms with van der Waals surface area (Å²) in [4.78, 5) is 20.1. The van der Waals surface area contributed by atoms with Crippen molar-refractivity contribution in [2.45, 2.75) is 13.8 Å². The van der Waals surface area contributed by atoms with Gasteiger partial charge in [-0.2, -0.15) is 0 Å². The molecule has 0 spiro atoms. The number of rotatable bonds is 0. The molecule has 4 nitrogen and oxygen atoms in total. The van der Waals surface area contributed by atoms with Gasteiger partial charge in [-0.25, -0.2) is 4.79 Å². The molecule has 0 unspecified atom stereocenters. The van der Waals surface area contributed by atoms with Gasteiger partial charge in [0.1, 0.15) is 0 Å². The smallest absolute Gasteiger partial charge is 0.321 e. The summed E-state index contributed by atoms with van der Waals surface area (Å²) < 4.78 is 0. The molecule has 0 aromatic carbocycles. The van der Waals surface area contributed by atoms with E-state index in [1.807, 2.05) is 19.2 Å². The van der Waals surface area contributed by atoms with Crippen LogP contribution in [0, 0.1) is 0 Å². The number of hydrogen-bond acceptors (Lipinski definition) is 2. The largest absolute Gasteiger partial charge is 0.329 e. The molecule has 4 heteroatoms. The van der Waals surface area contributed by atoms with Gasteiger partial charge in [0, 0.05) is 0 Å². The Morgan fingerprint density at radius 2 is 1.91 bits per heavy atom. The number of allylic oxidation sites excluding steroid dienone is 1. The lowest BCUT2D eigenvalue weighted by Gasteiger charge is -1.78. The molecule has 0 aromatic rings. The summed E-state index contributed by atoms with van der Waals surface area (Å²) in [6.07, 6.45) is 0. The lowest BCUT2D eigenvalue weighted by Crippen LogP contribution is -2.22. The lowest BCUT2D eigenvalue weighted by molar-refractivity contribution is -0.117. The van der Waals surface area contributed by atoms with E-state index in [2.05, 4.69) is 11.9 Å². The van der Waals surface area contributed by atoms with Crippen molar-refractivity contribution in [2.75, 3.05) is 6.54 Å². The van der Waals surface area contributed by atoms with Crippen molar-refractivity contribution in [2.24, 2.45) is 0 Å². The molecule has 1 aliphatic rings. The van der Waals surface area contributed by atoms with Crippen LogP contribution in [-0.4, -0.2) is 18.5 Å². The van der Waals surface area contributed by atoms with E-state index in [0.29, 0.717) is 0 Å². The van der Waals surface area contributed by atoms with E-state index in [9.17, 15) is 9.59 Å². The molecule has 2 N–H and O–H groups in total. The first kappa shape index (κ1) is 9.68. The average molecular weight is 156 g/mol. The number of nitrogens with one attached hydrogen (secondary N) is 2. The Morgan fingerprint density at radius 3 is 2.00 bits per heavy atom. The molecule has 11 heavy (non-hydrogen) atoms. The second-order valence-corrected chi connectivity index (χ2v) is 2.44. The van der Waals surface area contributed by atoms with Crippen molar-refractivity contribution in [3.8, 4) is 0 Å². The quantitative estimate of drug-likeness (QED) is 0.394. The monoisotopic (exact) mass is 156 g/mol. The zero-order valence-electron chi connectivity index (χ0n) is 6.73. The first-order valence-corrected chi connectivity index (χ1v) is 3.22. The lowest BCUT2D eigenvalue weighted by atomic mass is 10.4. The number of imide groups is 1. The fourth-order valence-corrected chi connectivity index (χ4v) is 0.376. The van der Waals surface area contributed by atoms with E-state index in [0.717, 1.165) is 0 Å². The van der Waals surface area contributed by atoms with Crippen LogP contribution in [0.3, 0.4) is 0 Å². The second-order valence-electron chi connectivity index (χ2n) is 2.44. The highest BCUT2D eigenvalue weighted by Crippen LogP contribution is 1.74. The zero-order valence-corrected chi connectivity index (χ0v) is 6.73.